The van der Waals surface area contributed by atoms with Crippen LogP contribution in [0, 0.1) is 6.92 Å². The summed E-state index contributed by atoms with van der Waals surface area (Å²) in [6.07, 6.45) is 0.451. The number of ether oxygens (including phenoxy) is 1. The molecule has 1 N–H and O–H groups in total. The Morgan fingerprint density at radius 1 is 1.27 bits per heavy atom. The molecule has 0 aliphatic rings. The summed E-state index contributed by atoms with van der Waals surface area (Å²) in [6, 6.07) is 5.76. The molecule has 0 spiro atoms. The van der Waals surface area contributed by atoms with Crippen LogP contribution >= 0.6 is 0 Å². The Labute approximate surface area is 132 Å². The molecule has 0 aliphatic heterocycles. The summed E-state index contributed by atoms with van der Waals surface area (Å²) in [6.45, 7) is 7.75. The number of rotatable bonds is 7. The molecule has 0 radical (unpaired) electrons. The Morgan fingerprint density at radius 2 is 1.91 bits per heavy atom. The van der Waals surface area contributed by atoms with Gasteiger partial charge in [-0.3, -0.25) is 5.32 Å². The predicted octanol–water partition coefficient (Wildman–Crippen LogP) is 2.43. The minimum atomic E-state index is -3.13. The van der Waals surface area contributed by atoms with Crippen molar-refractivity contribution in [2.75, 3.05) is 41.9 Å². The van der Waals surface area contributed by atoms with Gasteiger partial charge in [-0.2, -0.15) is 0 Å². The Balaban J connectivity index is 2.64. The van der Waals surface area contributed by atoms with Crippen molar-refractivity contribution in [1.29, 1.82) is 0 Å². The van der Waals surface area contributed by atoms with E-state index < -0.39 is 15.9 Å². The molecule has 0 saturated heterocycles. The van der Waals surface area contributed by atoms with Crippen LogP contribution in [-0.2, 0) is 14.6 Å². The molecule has 0 aromatic heterocycles. The Morgan fingerprint density at radius 3 is 2.41 bits per heavy atom. The van der Waals surface area contributed by atoms with Gasteiger partial charge in [-0.05, 0) is 44.5 Å². The predicted molar refractivity (Wildman–Crippen MR) is 89.4 cm³/mol. The van der Waals surface area contributed by atoms with E-state index in [-0.39, 0.29) is 12.4 Å². The van der Waals surface area contributed by atoms with Crippen molar-refractivity contribution in [3.8, 4) is 0 Å². The van der Waals surface area contributed by atoms with Crippen molar-refractivity contribution in [3.05, 3.63) is 23.8 Å². The fourth-order valence-corrected chi connectivity index (χ4v) is 2.39. The van der Waals surface area contributed by atoms with Gasteiger partial charge in [-0.15, -0.1) is 0 Å². The molecule has 7 heteroatoms. The van der Waals surface area contributed by atoms with Gasteiger partial charge >= 0.3 is 6.09 Å². The lowest BCUT2D eigenvalue weighted by Gasteiger charge is -2.22. The van der Waals surface area contributed by atoms with Gasteiger partial charge in [0.25, 0.3) is 0 Å². The number of carbonyl (C=O) groups is 1. The third-order valence-electron chi connectivity index (χ3n) is 3.26. The number of hydrogen-bond acceptors (Lipinski definition) is 5. The van der Waals surface area contributed by atoms with Gasteiger partial charge in [0.1, 0.15) is 6.61 Å². The molecule has 1 rings (SSSR count). The maximum Gasteiger partial charge on any atom is 0.411 e. The number of anilines is 2. The molecule has 0 atom stereocenters. The lowest BCUT2D eigenvalue weighted by molar-refractivity contribution is 0.168. The second-order valence-electron chi connectivity index (χ2n) is 5.06. The summed E-state index contributed by atoms with van der Waals surface area (Å²) in [5, 5.41) is 2.62. The first-order chi connectivity index (χ1) is 10.3. The summed E-state index contributed by atoms with van der Waals surface area (Å²) in [5.41, 5.74) is 2.67. The SMILES string of the molecule is CCN(CC)c1ccc(NC(=O)OCCS(C)(=O)=O)c(C)c1. The minimum absolute atomic E-state index is 0.152. The zero-order valence-corrected chi connectivity index (χ0v) is 14.4. The van der Waals surface area contributed by atoms with E-state index in [1.54, 1.807) is 0 Å². The van der Waals surface area contributed by atoms with E-state index in [2.05, 4.69) is 24.1 Å². The highest BCUT2D eigenvalue weighted by Gasteiger charge is 2.10. The van der Waals surface area contributed by atoms with Gasteiger partial charge in [0.2, 0.25) is 0 Å². The fraction of sp³-hybridized carbons (Fsp3) is 0.533. The quantitative estimate of drug-likeness (QED) is 0.832. The first kappa shape index (κ1) is 18.3. The van der Waals surface area contributed by atoms with Crippen LogP contribution in [0.4, 0.5) is 16.2 Å². The Kier molecular flexibility index (Phi) is 6.67. The van der Waals surface area contributed by atoms with Crippen molar-refractivity contribution in [3.63, 3.8) is 0 Å². The van der Waals surface area contributed by atoms with Crippen LogP contribution in [0.25, 0.3) is 0 Å². The minimum Gasteiger partial charge on any atom is -0.448 e. The number of hydrogen-bond donors (Lipinski definition) is 1. The van der Waals surface area contributed by atoms with Crippen LogP contribution in [0.15, 0.2) is 18.2 Å². The van der Waals surface area contributed by atoms with Crippen molar-refractivity contribution in [1.82, 2.24) is 0 Å². The number of carbonyl (C=O) groups excluding carboxylic acids is 1. The number of sulfone groups is 1. The molecule has 6 nitrogen and oxygen atoms in total. The van der Waals surface area contributed by atoms with E-state index in [0.29, 0.717) is 5.69 Å². The largest absolute Gasteiger partial charge is 0.448 e. The normalized spacial score (nSPS) is 11.1. The molecule has 0 aliphatic carbocycles. The molecule has 22 heavy (non-hydrogen) atoms. The van der Waals surface area contributed by atoms with Gasteiger partial charge in [0.15, 0.2) is 9.84 Å². The van der Waals surface area contributed by atoms with Gasteiger partial charge < -0.3 is 9.64 Å². The first-order valence-corrected chi connectivity index (χ1v) is 9.30. The van der Waals surface area contributed by atoms with E-state index in [0.717, 1.165) is 30.6 Å². The number of nitrogens with zero attached hydrogens (tertiary/aromatic N) is 1. The van der Waals surface area contributed by atoms with E-state index in [1.165, 1.54) is 0 Å². The second-order valence-corrected chi connectivity index (χ2v) is 7.32. The molecule has 0 unspecified atom stereocenters. The van der Waals surface area contributed by atoms with Gasteiger partial charge in [-0.1, -0.05) is 0 Å². The lowest BCUT2D eigenvalue weighted by Crippen LogP contribution is -2.22. The van der Waals surface area contributed by atoms with Crippen molar-refractivity contribution >= 4 is 27.3 Å². The molecule has 0 heterocycles. The van der Waals surface area contributed by atoms with Gasteiger partial charge in [-0.25, -0.2) is 13.2 Å². The lowest BCUT2D eigenvalue weighted by atomic mass is 10.1. The van der Waals surface area contributed by atoms with Crippen molar-refractivity contribution in [2.24, 2.45) is 0 Å². The molecular formula is C15H24N2O4S. The molecule has 0 fully saturated rings. The van der Waals surface area contributed by atoms with E-state index in [1.807, 2.05) is 25.1 Å². The summed E-state index contributed by atoms with van der Waals surface area (Å²) >= 11 is 0. The number of nitrogens with one attached hydrogen (secondary N) is 1. The third kappa shape index (κ3) is 5.93. The molecule has 1 amide bonds. The maximum absolute atomic E-state index is 11.6. The molecule has 124 valence electrons. The smallest absolute Gasteiger partial charge is 0.411 e. The Hall–Kier alpha value is -1.76. The zero-order valence-electron chi connectivity index (χ0n) is 13.5. The highest BCUT2D eigenvalue weighted by atomic mass is 32.2. The number of aryl methyl sites for hydroxylation is 1. The fourth-order valence-electron chi connectivity index (χ4n) is 2.01. The number of amides is 1. The van der Waals surface area contributed by atoms with E-state index >= 15 is 0 Å². The topological polar surface area (TPSA) is 75.7 Å². The summed E-state index contributed by atoms with van der Waals surface area (Å²) < 4.78 is 26.8. The highest BCUT2D eigenvalue weighted by molar-refractivity contribution is 7.90. The van der Waals surface area contributed by atoms with Crippen LogP contribution in [0.5, 0.6) is 0 Å². The van der Waals surface area contributed by atoms with Crippen LogP contribution in [0.3, 0.4) is 0 Å². The highest BCUT2D eigenvalue weighted by Crippen LogP contribution is 2.22. The summed E-state index contributed by atoms with van der Waals surface area (Å²) in [5.74, 6) is -0.180. The van der Waals surface area contributed by atoms with Crippen molar-refractivity contribution < 1.29 is 17.9 Å². The Bertz CT molecular complexity index is 610. The molecule has 0 bridgehead atoms. The van der Waals surface area contributed by atoms with Gasteiger partial charge in [0, 0.05) is 30.7 Å². The first-order valence-electron chi connectivity index (χ1n) is 7.24. The van der Waals surface area contributed by atoms with Crippen LogP contribution in [-0.4, -0.2) is 46.2 Å². The average molecular weight is 328 g/mol. The maximum atomic E-state index is 11.6. The van der Waals surface area contributed by atoms with Crippen molar-refractivity contribution in [2.45, 2.75) is 20.8 Å². The zero-order chi connectivity index (χ0) is 16.8. The molecular weight excluding hydrogens is 304 g/mol. The van der Waals surface area contributed by atoms with E-state index in [4.69, 9.17) is 4.74 Å². The van der Waals surface area contributed by atoms with Gasteiger partial charge in [0.05, 0.1) is 5.75 Å². The monoisotopic (exact) mass is 328 g/mol. The summed E-state index contributed by atoms with van der Waals surface area (Å²) in [7, 11) is -3.13. The standard InChI is InChI=1S/C15H24N2O4S/c1-5-17(6-2)13-7-8-14(12(3)11-13)16-15(18)21-9-10-22(4,19)20/h7-8,11H,5-6,9-10H2,1-4H3,(H,16,18). The average Bonchev–Trinajstić information content (AvgIpc) is 2.41. The summed E-state index contributed by atoms with van der Waals surface area (Å²) in [4.78, 5) is 13.9. The van der Waals surface area contributed by atoms with Crippen LogP contribution < -0.4 is 10.2 Å². The molecule has 1 aromatic rings. The molecule has 0 saturated carbocycles. The molecule has 1 aromatic carbocycles. The third-order valence-corrected chi connectivity index (χ3v) is 4.17. The van der Waals surface area contributed by atoms with E-state index in [9.17, 15) is 13.2 Å². The number of benzene rings is 1. The van der Waals surface area contributed by atoms with Crippen LogP contribution in [0.2, 0.25) is 0 Å². The van der Waals surface area contributed by atoms with Crippen LogP contribution in [0.1, 0.15) is 19.4 Å². The second kappa shape index (κ2) is 8.03.